The number of hydrogen-bond donors (Lipinski definition) is 1. The zero-order valence-electron chi connectivity index (χ0n) is 14.0. The fraction of sp³-hybridized carbons (Fsp3) is 0.562. The molecule has 0 unspecified atom stereocenters. The molecule has 0 aliphatic carbocycles. The smallest absolute Gasteiger partial charge is 0.328 e. The van der Waals surface area contributed by atoms with E-state index in [1.165, 1.54) is 11.3 Å². The maximum atomic E-state index is 12.5. The monoisotopic (exact) mass is 419 g/mol. The van der Waals surface area contributed by atoms with Gasteiger partial charge in [0.05, 0.1) is 21.9 Å². The molecule has 24 heavy (non-hydrogen) atoms. The number of halogens is 1. The highest BCUT2D eigenvalue weighted by Gasteiger charge is 2.25. The molecule has 1 rings (SSSR count). The van der Waals surface area contributed by atoms with Gasteiger partial charge in [0.25, 0.3) is 5.91 Å². The predicted molar refractivity (Wildman–Crippen MR) is 95.2 cm³/mol. The first-order chi connectivity index (χ1) is 11.4. The van der Waals surface area contributed by atoms with Crippen LogP contribution >= 0.6 is 27.3 Å². The lowest BCUT2D eigenvalue weighted by Crippen LogP contribution is -2.42. The molecule has 1 aromatic heterocycles. The third-order valence-corrected chi connectivity index (χ3v) is 4.86. The van der Waals surface area contributed by atoms with Gasteiger partial charge in [-0.3, -0.25) is 9.59 Å². The van der Waals surface area contributed by atoms with Gasteiger partial charge in [0, 0.05) is 6.42 Å². The Balaban J connectivity index is 2.80. The van der Waals surface area contributed by atoms with Crippen LogP contribution in [0.5, 0.6) is 0 Å². The number of nitrogens with one attached hydrogen (secondary N) is 1. The highest BCUT2D eigenvalue weighted by molar-refractivity contribution is 9.11. The molecule has 0 saturated carbocycles. The van der Waals surface area contributed by atoms with E-state index >= 15 is 0 Å². The molecule has 1 atom stereocenters. The third kappa shape index (κ3) is 6.24. The van der Waals surface area contributed by atoms with Crippen LogP contribution in [0, 0.1) is 0 Å². The zero-order chi connectivity index (χ0) is 18.1. The van der Waals surface area contributed by atoms with Crippen molar-refractivity contribution in [1.29, 1.82) is 0 Å². The lowest BCUT2D eigenvalue weighted by atomic mass is 10.1. The molecule has 1 N–H and O–H groups in total. The van der Waals surface area contributed by atoms with Gasteiger partial charge in [-0.25, -0.2) is 4.79 Å². The second kappa shape index (κ2) is 10.5. The van der Waals surface area contributed by atoms with Crippen LogP contribution in [0.15, 0.2) is 9.85 Å². The van der Waals surface area contributed by atoms with Crippen molar-refractivity contribution in [3.05, 3.63) is 20.3 Å². The first kappa shape index (κ1) is 20.6. The number of esters is 2. The predicted octanol–water partition coefficient (Wildman–Crippen LogP) is 3.08. The maximum Gasteiger partial charge on any atom is 0.328 e. The molecule has 1 amide bonds. The molecule has 1 aromatic rings. The summed E-state index contributed by atoms with van der Waals surface area (Å²) in [5.41, 5.74) is 0.900. The van der Waals surface area contributed by atoms with Gasteiger partial charge in [0.1, 0.15) is 6.04 Å². The number of hydrogen-bond acceptors (Lipinski definition) is 6. The van der Waals surface area contributed by atoms with E-state index in [1.54, 1.807) is 13.8 Å². The zero-order valence-corrected chi connectivity index (χ0v) is 16.4. The number of aryl methyl sites for hydroxylation is 1. The van der Waals surface area contributed by atoms with Crippen LogP contribution in [-0.2, 0) is 25.5 Å². The van der Waals surface area contributed by atoms with Gasteiger partial charge in [-0.2, -0.15) is 0 Å². The van der Waals surface area contributed by atoms with E-state index < -0.39 is 18.0 Å². The van der Waals surface area contributed by atoms with Crippen molar-refractivity contribution in [2.45, 2.75) is 46.1 Å². The van der Waals surface area contributed by atoms with E-state index in [4.69, 9.17) is 9.47 Å². The average molecular weight is 420 g/mol. The van der Waals surface area contributed by atoms with E-state index in [9.17, 15) is 14.4 Å². The first-order valence-electron chi connectivity index (χ1n) is 7.84. The number of thiophene rings is 1. The summed E-state index contributed by atoms with van der Waals surface area (Å²) < 4.78 is 10.7. The summed E-state index contributed by atoms with van der Waals surface area (Å²) in [6.45, 7) is 5.83. The molecule has 0 radical (unpaired) electrons. The first-order valence-corrected chi connectivity index (χ1v) is 9.45. The molecule has 0 bridgehead atoms. The fourth-order valence-electron chi connectivity index (χ4n) is 2.06. The molecule has 0 aliphatic heterocycles. The van der Waals surface area contributed by atoms with Crippen molar-refractivity contribution in [3.8, 4) is 0 Å². The summed E-state index contributed by atoms with van der Waals surface area (Å²) in [6, 6.07) is 1.00. The molecule has 6 nitrogen and oxygen atoms in total. The highest BCUT2D eigenvalue weighted by Crippen LogP contribution is 2.27. The Morgan fingerprint density at radius 2 is 1.88 bits per heavy atom. The van der Waals surface area contributed by atoms with E-state index in [2.05, 4.69) is 21.2 Å². The van der Waals surface area contributed by atoms with Gasteiger partial charge < -0.3 is 14.8 Å². The molecule has 0 saturated heterocycles. The lowest BCUT2D eigenvalue weighted by Gasteiger charge is -2.17. The standard InChI is InChI=1S/C16H22BrNO5S/c1-4-10-9-12(17)24-14(10)15(20)18-11(16(21)23-6-3)7-8-13(19)22-5-2/h9,11H,4-8H2,1-3H3,(H,18,20)/t11-/m0/s1. The Bertz CT molecular complexity index is 587. The molecular weight excluding hydrogens is 398 g/mol. The fourth-order valence-corrected chi connectivity index (χ4v) is 3.70. The quantitative estimate of drug-likeness (QED) is 0.621. The average Bonchev–Trinajstić information content (AvgIpc) is 2.92. The van der Waals surface area contributed by atoms with Gasteiger partial charge in [-0.1, -0.05) is 6.92 Å². The Labute approximate surface area is 154 Å². The molecule has 0 aliphatic rings. The highest BCUT2D eigenvalue weighted by atomic mass is 79.9. The van der Waals surface area contributed by atoms with E-state index in [1.807, 2.05) is 13.0 Å². The second-order valence-corrected chi connectivity index (χ2v) is 7.31. The van der Waals surface area contributed by atoms with Crippen LogP contribution in [0.1, 0.15) is 48.8 Å². The van der Waals surface area contributed by atoms with Crippen molar-refractivity contribution in [2.24, 2.45) is 0 Å². The SMILES string of the molecule is CCOC(=O)CC[C@H](NC(=O)c1sc(Br)cc1CC)C(=O)OCC. The molecule has 0 aromatic carbocycles. The van der Waals surface area contributed by atoms with Gasteiger partial charge in [0.15, 0.2) is 0 Å². The minimum atomic E-state index is -0.882. The van der Waals surface area contributed by atoms with Gasteiger partial charge in [-0.15, -0.1) is 11.3 Å². The summed E-state index contributed by atoms with van der Waals surface area (Å²) in [4.78, 5) is 36.6. The molecule has 8 heteroatoms. The number of carbonyl (C=O) groups excluding carboxylic acids is 3. The van der Waals surface area contributed by atoms with Crippen molar-refractivity contribution < 1.29 is 23.9 Å². The summed E-state index contributed by atoms with van der Waals surface area (Å²) >= 11 is 4.67. The largest absolute Gasteiger partial charge is 0.466 e. The van der Waals surface area contributed by atoms with Crippen molar-refractivity contribution in [2.75, 3.05) is 13.2 Å². The van der Waals surface area contributed by atoms with Crippen LogP contribution in [-0.4, -0.2) is 37.1 Å². The topological polar surface area (TPSA) is 81.7 Å². The normalized spacial score (nSPS) is 11.7. The van der Waals surface area contributed by atoms with E-state index in [-0.39, 0.29) is 32.0 Å². The number of amides is 1. The minimum Gasteiger partial charge on any atom is -0.466 e. The van der Waals surface area contributed by atoms with Crippen molar-refractivity contribution >= 4 is 45.1 Å². The van der Waals surface area contributed by atoms with Crippen LogP contribution in [0.4, 0.5) is 0 Å². The number of carbonyl (C=O) groups is 3. The summed E-state index contributed by atoms with van der Waals surface area (Å²) in [5, 5.41) is 2.67. The second-order valence-electron chi connectivity index (χ2n) is 4.88. The van der Waals surface area contributed by atoms with Crippen LogP contribution in [0.2, 0.25) is 0 Å². The van der Waals surface area contributed by atoms with Crippen LogP contribution in [0.25, 0.3) is 0 Å². The van der Waals surface area contributed by atoms with E-state index in [0.717, 1.165) is 9.35 Å². The van der Waals surface area contributed by atoms with Crippen molar-refractivity contribution in [1.82, 2.24) is 5.32 Å². The number of ether oxygens (including phenoxy) is 2. The number of rotatable bonds is 9. The van der Waals surface area contributed by atoms with Gasteiger partial charge in [-0.05, 0) is 54.2 Å². The summed E-state index contributed by atoms with van der Waals surface area (Å²) in [5.74, 6) is -1.30. The van der Waals surface area contributed by atoms with E-state index in [0.29, 0.717) is 11.3 Å². The maximum absolute atomic E-state index is 12.5. The molecular formula is C16H22BrNO5S. The lowest BCUT2D eigenvalue weighted by molar-refractivity contribution is -0.146. The Morgan fingerprint density at radius 1 is 1.21 bits per heavy atom. The third-order valence-electron chi connectivity index (χ3n) is 3.18. The Kier molecular flexibility index (Phi) is 8.99. The molecule has 0 fully saturated rings. The molecule has 0 spiro atoms. The molecule has 134 valence electrons. The van der Waals surface area contributed by atoms with Gasteiger partial charge >= 0.3 is 11.9 Å². The Morgan fingerprint density at radius 3 is 2.46 bits per heavy atom. The Hall–Kier alpha value is -1.41. The van der Waals surface area contributed by atoms with Crippen LogP contribution < -0.4 is 5.32 Å². The molecule has 1 heterocycles. The minimum absolute atomic E-state index is 0.0341. The van der Waals surface area contributed by atoms with Crippen LogP contribution in [0.3, 0.4) is 0 Å². The van der Waals surface area contributed by atoms with Crippen molar-refractivity contribution in [3.63, 3.8) is 0 Å². The summed E-state index contributed by atoms with van der Waals surface area (Å²) in [6.07, 6.45) is 0.877. The van der Waals surface area contributed by atoms with Gasteiger partial charge in [0.2, 0.25) is 0 Å². The summed E-state index contributed by atoms with van der Waals surface area (Å²) in [7, 11) is 0.